The molecule has 2 aromatic carbocycles. The van der Waals surface area contributed by atoms with Gasteiger partial charge in [-0.2, -0.15) is 0 Å². The molecule has 0 unspecified atom stereocenters. The van der Waals surface area contributed by atoms with Gasteiger partial charge in [-0.1, -0.05) is 24.3 Å². The van der Waals surface area contributed by atoms with Crippen molar-refractivity contribution >= 4 is 17.5 Å². The number of benzene rings is 2. The molecule has 0 atom stereocenters. The Morgan fingerprint density at radius 3 is 2.14 bits per heavy atom. The molecule has 22 heavy (non-hydrogen) atoms. The van der Waals surface area contributed by atoms with Crippen LogP contribution >= 0.6 is 0 Å². The van der Waals surface area contributed by atoms with E-state index in [0.29, 0.717) is 22.6 Å². The fraction of sp³-hybridized carbons (Fsp3) is 0. The van der Waals surface area contributed by atoms with Crippen LogP contribution in [0.2, 0.25) is 0 Å². The van der Waals surface area contributed by atoms with Crippen molar-refractivity contribution in [2.24, 2.45) is 0 Å². The first kappa shape index (κ1) is 12.6. The fourth-order valence-corrected chi connectivity index (χ4v) is 2.66. The third-order valence-corrected chi connectivity index (χ3v) is 3.70. The molecule has 4 rings (SSSR count). The molecule has 3 aromatic rings. The van der Waals surface area contributed by atoms with Gasteiger partial charge >= 0.3 is 0 Å². The second kappa shape index (κ2) is 4.70. The highest BCUT2D eigenvalue weighted by Gasteiger charge is 2.36. The van der Waals surface area contributed by atoms with Gasteiger partial charge in [0, 0.05) is 5.56 Å². The van der Waals surface area contributed by atoms with Crippen LogP contribution in [0.15, 0.2) is 71.3 Å². The van der Waals surface area contributed by atoms with E-state index in [4.69, 9.17) is 4.42 Å². The highest BCUT2D eigenvalue weighted by atomic mass is 16.3. The van der Waals surface area contributed by atoms with Gasteiger partial charge in [0.15, 0.2) is 0 Å². The van der Waals surface area contributed by atoms with Crippen molar-refractivity contribution in [2.75, 3.05) is 4.90 Å². The minimum atomic E-state index is -0.294. The topological polar surface area (TPSA) is 50.5 Å². The second-order valence-electron chi connectivity index (χ2n) is 5.02. The van der Waals surface area contributed by atoms with Crippen LogP contribution in [0.4, 0.5) is 5.69 Å². The van der Waals surface area contributed by atoms with Crippen LogP contribution in [0.3, 0.4) is 0 Å². The molecule has 0 saturated carbocycles. The van der Waals surface area contributed by atoms with Crippen LogP contribution < -0.4 is 4.90 Å². The Morgan fingerprint density at radius 2 is 1.50 bits per heavy atom. The summed E-state index contributed by atoms with van der Waals surface area (Å²) in [4.78, 5) is 26.2. The molecule has 1 aromatic heterocycles. The lowest BCUT2D eigenvalue weighted by molar-refractivity contribution is 0.0926. The van der Waals surface area contributed by atoms with E-state index >= 15 is 0 Å². The molecule has 4 nitrogen and oxygen atoms in total. The molecule has 0 bridgehead atoms. The zero-order chi connectivity index (χ0) is 15.1. The molecule has 0 aliphatic carbocycles. The van der Waals surface area contributed by atoms with Crippen LogP contribution in [-0.2, 0) is 0 Å². The van der Waals surface area contributed by atoms with E-state index in [0.717, 1.165) is 5.56 Å². The van der Waals surface area contributed by atoms with Gasteiger partial charge in [-0.15, -0.1) is 0 Å². The standard InChI is InChI=1S/C18H11NO3/c20-17-14-7-1-2-8-15(14)18(21)19(17)13-6-3-5-12(11-13)16-9-4-10-22-16/h1-11H. The Labute approximate surface area is 126 Å². The van der Waals surface area contributed by atoms with Crippen molar-refractivity contribution < 1.29 is 14.0 Å². The van der Waals surface area contributed by atoms with Crippen molar-refractivity contribution in [2.45, 2.75) is 0 Å². The third kappa shape index (κ3) is 1.78. The summed E-state index contributed by atoms with van der Waals surface area (Å²) in [6.07, 6.45) is 1.59. The number of fused-ring (bicyclic) bond motifs is 1. The van der Waals surface area contributed by atoms with Crippen LogP contribution in [0, 0.1) is 0 Å². The average molecular weight is 289 g/mol. The zero-order valence-corrected chi connectivity index (χ0v) is 11.5. The van der Waals surface area contributed by atoms with Crippen molar-refractivity contribution in [1.29, 1.82) is 0 Å². The van der Waals surface area contributed by atoms with Gasteiger partial charge in [0.2, 0.25) is 0 Å². The molecule has 0 radical (unpaired) electrons. The smallest absolute Gasteiger partial charge is 0.266 e. The Balaban J connectivity index is 1.79. The summed E-state index contributed by atoms with van der Waals surface area (Å²) in [5, 5.41) is 0. The van der Waals surface area contributed by atoms with E-state index < -0.39 is 0 Å². The van der Waals surface area contributed by atoms with E-state index in [-0.39, 0.29) is 11.8 Å². The highest BCUT2D eigenvalue weighted by Crippen LogP contribution is 2.31. The third-order valence-electron chi connectivity index (χ3n) is 3.70. The Bertz CT molecular complexity index is 846. The summed E-state index contributed by atoms with van der Waals surface area (Å²) in [5.41, 5.74) is 2.24. The molecule has 1 aliphatic rings. The molecule has 106 valence electrons. The predicted octanol–water partition coefficient (Wildman–Crippen LogP) is 3.75. The lowest BCUT2D eigenvalue weighted by Gasteiger charge is -2.14. The number of furan rings is 1. The normalized spacial score (nSPS) is 13.5. The lowest BCUT2D eigenvalue weighted by Crippen LogP contribution is -2.29. The minimum absolute atomic E-state index is 0.294. The van der Waals surface area contributed by atoms with Gasteiger partial charge in [0.1, 0.15) is 5.76 Å². The number of carbonyl (C=O) groups is 2. The number of nitrogens with zero attached hydrogens (tertiary/aromatic N) is 1. The molecule has 0 saturated heterocycles. The Hall–Kier alpha value is -3.14. The number of amides is 2. The number of carbonyl (C=O) groups excluding carboxylic acids is 2. The SMILES string of the molecule is O=C1c2ccccc2C(=O)N1c1cccc(-c2ccco2)c1. The number of anilines is 1. The summed E-state index contributed by atoms with van der Waals surface area (Å²) in [7, 11) is 0. The van der Waals surface area contributed by atoms with Crippen molar-refractivity contribution in [3.8, 4) is 11.3 Å². The monoisotopic (exact) mass is 289 g/mol. The summed E-state index contributed by atoms with van der Waals surface area (Å²) < 4.78 is 5.36. The van der Waals surface area contributed by atoms with Gasteiger partial charge in [-0.3, -0.25) is 9.59 Å². The number of hydrogen-bond donors (Lipinski definition) is 0. The Kier molecular flexibility index (Phi) is 2.69. The molecule has 0 N–H and O–H groups in total. The van der Waals surface area contributed by atoms with Crippen LogP contribution in [0.5, 0.6) is 0 Å². The molecular formula is C18H11NO3. The van der Waals surface area contributed by atoms with Crippen LogP contribution in [-0.4, -0.2) is 11.8 Å². The van der Waals surface area contributed by atoms with E-state index in [1.165, 1.54) is 4.90 Å². The lowest BCUT2D eigenvalue weighted by atomic mass is 10.1. The molecule has 4 heteroatoms. The van der Waals surface area contributed by atoms with Gasteiger partial charge in [0.05, 0.1) is 23.1 Å². The molecular weight excluding hydrogens is 278 g/mol. The first-order chi connectivity index (χ1) is 10.8. The molecule has 0 spiro atoms. The maximum absolute atomic E-state index is 12.5. The van der Waals surface area contributed by atoms with E-state index in [1.54, 1.807) is 54.8 Å². The largest absolute Gasteiger partial charge is 0.464 e. The summed E-state index contributed by atoms with van der Waals surface area (Å²) in [6.45, 7) is 0. The maximum atomic E-state index is 12.5. The average Bonchev–Trinajstić information content (AvgIpc) is 3.17. The Morgan fingerprint density at radius 1 is 0.773 bits per heavy atom. The maximum Gasteiger partial charge on any atom is 0.266 e. The van der Waals surface area contributed by atoms with Gasteiger partial charge in [-0.25, -0.2) is 4.90 Å². The fourth-order valence-electron chi connectivity index (χ4n) is 2.66. The summed E-state index contributed by atoms with van der Waals surface area (Å²) in [5.74, 6) is 0.104. The van der Waals surface area contributed by atoms with Crippen molar-refractivity contribution in [1.82, 2.24) is 0 Å². The summed E-state index contributed by atoms with van der Waals surface area (Å²) in [6, 6.07) is 17.7. The molecule has 1 aliphatic heterocycles. The zero-order valence-electron chi connectivity index (χ0n) is 11.5. The van der Waals surface area contributed by atoms with Gasteiger partial charge < -0.3 is 4.42 Å². The van der Waals surface area contributed by atoms with E-state index in [9.17, 15) is 9.59 Å². The first-order valence-electron chi connectivity index (χ1n) is 6.87. The summed E-state index contributed by atoms with van der Waals surface area (Å²) >= 11 is 0. The van der Waals surface area contributed by atoms with E-state index in [2.05, 4.69) is 0 Å². The second-order valence-corrected chi connectivity index (χ2v) is 5.02. The van der Waals surface area contributed by atoms with Crippen LogP contribution in [0.25, 0.3) is 11.3 Å². The first-order valence-corrected chi connectivity index (χ1v) is 6.87. The minimum Gasteiger partial charge on any atom is -0.464 e. The number of imide groups is 1. The van der Waals surface area contributed by atoms with Crippen LogP contribution in [0.1, 0.15) is 20.7 Å². The highest BCUT2D eigenvalue weighted by molar-refractivity contribution is 6.34. The quantitative estimate of drug-likeness (QED) is 0.675. The van der Waals surface area contributed by atoms with E-state index in [1.807, 2.05) is 12.1 Å². The number of rotatable bonds is 2. The molecule has 2 amide bonds. The predicted molar refractivity (Wildman–Crippen MR) is 81.7 cm³/mol. The molecule has 2 heterocycles. The van der Waals surface area contributed by atoms with Crippen molar-refractivity contribution in [3.05, 3.63) is 78.1 Å². The van der Waals surface area contributed by atoms with Gasteiger partial charge in [-0.05, 0) is 36.4 Å². The van der Waals surface area contributed by atoms with Gasteiger partial charge in [0.25, 0.3) is 11.8 Å². The molecule has 0 fully saturated rings. The number of hydrogen-bond acceptors (Lipinski definition) is 3. The van der Waals surface area contributed by atoms with Crippen molar-refractivity contribution in [3.63, 3.8) is 0 Å².